The van der Waals surface area contributed by atoms with Gasteiger partial charge in [0.2, 0.25) is 0 Å². The molecule has 0 fully saturated rings. The quantitative estimate of drug-likeness (QED) is 0.641. The summed E-state index contributed by atoms with van der Waals surface area (Å²) in [5.41, 5.74) is 3.77. The van der Waals surface area contributed by atoms with E-state index in [1.807, 2.05) is 0 Å². The molecule has 0 saturated carbocycles. The van der Waals surface area contributed by atoms with E-state index in [-0.39, 0.29) is 16.1 Å². The number of ether oxygens (including phenoxy) is 1. The molecule has 126 valence electrons. The van der Waals surface area contributed by atoms with Gasteiger partial charge in [-0.3, -0.25) is 9.52 Å². The van der Waals surface area contributed by atoms with E-state index in [1.54, 1.807) is 12.1 Å². The average molecular weight is 375 g/mol. The summed E-state index contributed by atoms with van der Waals surface area (Å²) >= 11 is 5.81. The molecule has 0 aliphatic carbocycles. The molecule has 0 bridgehead atoms. The van der Waals surface area contributed by atoms with Gasteiger partial charge in [-0.15, -0.1) is 0 Å². The van der Waals surface area contributed by atoms with Crippen molar-refractivity contribution in [3.05, 3.63) is 70.5 Å². The standard InChI is InChI=1S/C17H11ClN2O4S/c18-14-3-6-16(13(9-14)10-21)20-25(22,23)15-4-1-12(2-5-15)17-7-8-19-11-24-17/h1-6,8-11,20H. The SMILES string of the molecule is O=Cc1cc(Cl)ccc1NS(=O)(=O)c1ccc(C2=C=CN=CO2)cc1. The fourth-order valence-electron chi connectivity index (χ4n) is 2.11. The predicted octanol–water partition coefficient (Wildman–Crippen LogP) is 3.47. The van der Waals surface area contributed by atoms with E-state index in [0.29, 0.717) is 22.6 Å². The van der Waals surface area contributed by atoms with Crippen molar-refractivity contribution < 1.29 is 17.9 Å². The zero-order valence-electron chi connectivity index (χ0n) is 12.6. The maximum absolute atomic E-state index is 12.5. The molecule has 1 N–H and O–H groups in total. The fourth-order valence-corrected chi connectivity index (χ4v) is 3.38. The van der Waals surface area contributed by atoms with Gasteiger partial charge in [0.15, 0.2) is 18.4 Å². The monoisotopic (exact) mass is 374 g/mol. The summed E-state index contributed by atoms with van der Waals surface area (Å²) in [6.07, 6.45) is 3.25. The molecule has 0 unspecified atom stereocenters. The van der Waals surface area contributed by atoms with Crippen LogP contribution >= 0.6 is 11.6 Å². The first kappa shape index (κ1) is 17.0. The zero-order valence-corrected chi connectivity index (χ0v) is 14.2. The van der Waals surface area contributed by atoms with Crippen molar-refractivity contribution >= 4 is 45.8 Å². The van der Waals surface area contributed by atoms with Crippen LogP contribution in [0.3, 0.4) is 0 Å². The van der Waals surface area contributed by atoms with Crippen molar-refractivity contribution in [2.75, 3.05) is 4.72 Å². The molecule has 25 heavy (non-hydrogen) atoms. The molecule has 0 saturated heterocycles. The maximum Gasteiger partial charge on any atom is 0.261 e. The number of aliphatic imine (C=N–C) groups is 1. The van der Waals surface area contributed by atoms with Crippen LogP contribution in [0.2, 0.25) is 5.02 Å². The first-order chi connectivity index (χ1) is 12.0. The molecule has 1 aliphatic heterocycles. The van der Waals surface area contributed by atoms with Crippen LogP contribution in [0, 0.1) is 0 Å². The number of anilines is 1. The number of aldehydes is 1. The smallest absolute Gasteiger partial charge is 0.261 e. The van der Waals surface area contributed by atoms with Crippen molar-refractivity contribution in [1.82, 2.24) is 0 Å². The van der Waals surface area contributed by atoms with Gasteiger partial charge >= 0.3 is 0 Å². The van der Waals surface area contributed by atoms with Crippen LogP contribution in [0.15, 0.2) is 64.3 Å². The minimum atomic E-state index is -3.86. The molecule has 8 heteroatoms. The van der Waals surface area contributed by atoms with Crippen molar-refractivity contribution in [3.8, 4) is 0 Å². The van der Waals surface area contributed by atoms with Crippen LogP contribution < -0.4 is 4.72 Å². The van der Waals surface area contributed by atoms with Gasteiger partial charge in [-0.2, -0.15) is 0 Å². The molecule has 3 rings (SSSR count). The van der Waals surface area contributed by atoms with E-state index >= 15 is 0 Å². The minimum absolute atomic E-state index is 0.0390. The van der Waals surface area contributed by atoms with Gasteiger partial charge in [0.05, 0.1) is 16.8 Å². The second-order valence-corrected chi connectivity index (χ2v) is 7.07. The van der Waals surface area contributed by atoms with E-state index in [2.05, 4.69) is 15.4 Å². The highest BCUT2D eigenvalue weighted by Crippen LogP contribution is 2.24. The number of carbonyl (C=O) groups is 1. The molecule has 6 nitrogen and oxygen atoms in total. The van der Waals surface area contributed by atoms with Crippen molar-refractivity contribution in [3.63, 3.8) is 0 Å². The molecular weight excluding hydrogens is 364 g/mol. The summed E-state index contributed by atoms with van der Waals surface area (Å²) in [6, 6.07) is 10.4. The third-order valence-electron chi connectivity index (χ3n) is 3.31. The molecule has 1 aliphatic rings. The van der Waals surface area contributed by atoms with Gasteiger partial charge in [-0.25, -0.2) is 13.4 Å². The predicted molar refractivity (Wildman–Crippen MR) is 95.2 cm³/mol. The van der Waals surface area contributed by atoms with E-state index < -0.39 is 10.0 Å². The minimum Gasteiger partial charge on any atom is -0.437 e. The Hall–Kier alpha value is -2.86. The Morgan fingerprint density at radius 1 is 1.16 bits per heavy atom. The zero-order chi connectivity index (χ0) is 17.9. The van der Waals surface area contributed by atoms with Crippen LogP contribution in [0.5, 0.6) is 0 Å². The van der Waals surface area contributed by atoms with Gasteiger partial charge < -0.3 is 4.74 Å². The van der Waals surface area contributed by atoms with Gasteiger partial charge in [-0.05, 0) is 42.5 Å². The number of halogens is 1. The van der Waals surface area contributed by atoms with Crippen LogP contribution in [0.4, 0.5) is 5.69 Å². The summed E-state index contributed by atoms with van der Waals surface area (Å²) in [7, 11) is -3.86. The Balaban J connectivity index is 1.88. The molecule has 0 aromatic heterocycles. The lowest BCUT2D eigenvalue weighted by atomic mass is 10.2. The van der Waals surface area contributed by atoms with Crippen LogP contribution in [0.25, 0.3) is 5.76 Å². The van der Waals surface area contributed by atoms with Crippen LogP contribution in [0.1, 0.15) is 15.9 Å². The van der Waals surface area contributed by atoms with Crippen molar-refractivity contribution in [1.29, 1.82) is 0 Å². The molecule has 0 radical (unpaired) electrons. The van der Waals surface area contributed by atoms with Gasteiger partial charge in [0.25, 0.3) is 10.0 Å². The van der Waals surface area contributed by atoms with Crippen LogP contribution in [-0.4, -0.2) is 21.1 Å². The molecule has 2 aromatic carbocycles. The number of nitrogens with one attached hydrogen (secondary N) is 1. The number of rotatable bonds is 5. The maximum atomic E-state index is 12.5. The molecular formula is C17H11ClN2O4S. The normalized spacial score (nSPS) is 13.1. The second kappa shape index (κ2) is 6.94. The number of benzene rings is 2. The first-order valence-electron chi connectivity index (χ1n) is 7.01. The largest absolute Gasteiger partial charge is 0.437 e. The van der Waals surface area contributed by atoms with Crippen molar-refractivity contribution in [2.24, 2.45) is 4.99 Å². The van der Waals surface area contributed by atoms with Gasteiger partial charge in [0, 0.05) is 16.1 Å². The highest BCUT2D eigenvalue weighted by Gasteiger charge is 2.17. The lowest BCUT2D eigenvalue weighted by Gasteiger charge is -2.11. The number of sulfonamides is 1. The lowest BCUT2D eigenvalue weighted by Crippen LogP contribution is -2.14. The molecule has 2 aromatic rings. The van der Waals surface area contributed by atoms with Gasteiger partial charge in [0.1, 0.15) is 0 Å². The van der Waals surface area contributed by atoms with E-state index in [4.69, 9.17) is 16.3 Å². The fraction of sp³-hybridized carbons (Fsp3) is 0. The Morgan fingerprint density at radius 3 is 2.56 bits per heavy atom. The van der Waals surface area contributed by atoms with Crippen molar-refractivity contribution in [2.45, 2.75) is 4.90 Å². The number of hydrogen-bond donors (Lipinski definition) is 1. The summed E-state index contributed by atoms with van der Waals surface area (Å²) < 4.78 is 32.6. The molecule has 0 spiro atoms. The Morgan fingerprint density at radius 2 is 1.92 bits per heavy atom. The molecule has 0 amide bonds. The third-order valence-corrected chi connectivity index (χ3v) is 4.93. The summed E-state index contributed by atoms with van der Waals surface area (Å²) in [5, 5.41) is 0.340. The summed E-state index contributed by atoms with van der Waals surface area (Å²) in [5.74, 6) is 0.438. The highest BCUT2D eigenvalue weighted by atomic mass is 35.5. The third kappa shape index (κ3) is 3.80. The number of carbonyl (C=O) groups excluding carboxylic acids is 1. The Kier molecular flexibility index (Phi) is 4.72. The Labute approximate surface area is 149 Å². The van der Waals surface area contributed by atoms with E-state index in [1.165, 1.54) is 42.9 Å². The van der Waals surface area contributed by atoms with E-state index in [0.717, 1.165) is 0 Å². The second-order valence-electron chi connectivity index (χ2n) is 4.95. The molecule has 0 atom stereocenters. The summed E-state index contributed by atoms with van der Waals surface area (Å²) in [6.45, 7) is 0. The average Bonchev–Trinajstić information content (AvgIpc) is 2.64. The highest BCUT2D eigenvalue weighted by molar-refractivity contribution is 7.92. The van der Waals surface area contributed by atoms with Crippen LogP contribution in [-0.2, 0) is 14.8 Å². The topological polar surface area (TPSA) is 84.8 Å². The van der Waals surface area contributed by atoms with E-state index in [9.17, 15) is 13.2 Å². The number of hydrogen-bond acceptors (Lipinski definition) is 5. The first-order valence-corrected chi connectivity index (χ1v) is 8.87. The number of nitrogens with zero attached hydrogens (tertiary/aromatic N) is 1. The van der Waals surface area contributed by atoms with Gasteiger partial charge in [-0.1, -0.05) is 17.3 Å². The Bertz CT molecular complexity index is 1020. The summed E-state index contributed by atoms with van der Waals surface area (Å²) in [4.78, 5) is 14.9. The lowest BCUT2D eigenvalue weighted by molar-refractivity contribution is 0.112. The molecule has 1 heterocycles.